The van der Waals surface area contributed by atoms with Gasteiger partial charge in [0.05, 0.1) is 0 Å². The SMILES string of the molecule is O=C(Cc1ccccc1-c1ccccc1)C(=O)OCl. The number of halogens is 1. The number of ketones is 1. The Morgan fingerprint density at radius 3 is 2.26 bits per heavy atom. The lowest BCUT2D eigenvalue weighted by atomic mass is 9.96. The first-order valence-electron chi connectivity index (χ1n) is 5.71. The molecule has 0 radical (unpaired) electrons. The summed E-state index contributed by atoms with van der Waals surface area (Å²) < 4.78 is 3.91. The Kier molecular flexibility index (Phi) is 4.31. The van der Waals surface area contributed by atoms with Gasteiger partial charge in [-0.25, -0.2) is 4.79 Å². The average Bonchev–Trinajstić information content (AvgIpc) is 2.47. The predicted octanol–water partition coefficient (Wildman–Crippen LogP) is 3.16. The van der Waals surface area contributed by atoms with Gasteiger partial charge < -0.3 is 4.29 Å². The van der Waals surface area contributed by atoms with Gasteiger partial charge >= 0.3 is 5.97 Å². The van der Waals surface area contributed by atoms with Crippen LogP contribution in [0.2, 0.25) is 0 Å². The Hall–Kier alpha value is -2.13. The fourth-order valence-corrected chi connectivity index (χ4v) is 1.95. The maximum Gasteiger partial charge on any atom is 0.392 e. The first kappa shape index (κ1) is 13.3. The minimum Gasteiger partial charge on any atom is -0.341 e. The van der Waals surface area contributed by atoms with Gasteiger partial charge in [-0.2, -0.15) is 0 Å². The quantitative estimate of drug-likeness (QED) is 0.805. The second-order valence-electron chi connectivity index (χ2n) is 3.99. The zero-order valence-corrected chi connectivity index (χ0v) is 10.8. The summed E-state index contributed by atoms with van der Waals surface area (Å²) in [5.74, 6) is -1.71. The maximum atomic E-state index is 11.6. The Bertz CT molecular complexity index is 593. The minimum absolute atomic E-state index is 0.0311. The molecule has 19 heavy (non-hydrogen) atoms. The normalized spacial score (nSPS) is 9.95. The zero-order valence-electron chi connectivity index (χ0n) is 10.0. The molecule has 0 aliphatic rings. The van der Waals surface area contributed by atoms with Crippen LogP contribution in [-0.4, -0.2) is 11.8 Å². The van der Waals surface area contributed by atoms with Crippen LogP contribution in [0.25, 0.3) is 11.1 Å². The molecule has 0 aliphatic carbocycles. The highest BCUT2D eigenvalue weighted by atomic mass is 35.5. The van der Waals surface area contributed by atoms with Crippen molar-refractivity contribution in [2.24, 2.45) is 0 Å². The molecule has 0 saturated heterocycles. The zero-order chi connectivity index (χ0) is 13.7. The summed E-state index contributed by atoms with van der Waals surface area (Å²) in [4.78, 5) is 22.6. The largest absolute Gasteiger partial charge is 0.392 e. The summed E-state index contributed by atoms with van der Waals surface area (Å²) in [6, 6.07) is 17.1. The van der Waals surface area contributed by atoms with Crippen molar-refractivity contribution < 1.29 is 13.9 Å². The molecule has 0 N–H and O–H groups in total. The summed E-state index contributed by atoms with van der Waals surface area (Å²) >= 11 is 4.90. The fraction of sp³-hybridized carbons (Fsp3) is 0.0667. The molecule has 0 spiro atoms. The summed E-state index contributed by atoms with van der Waals surface area (Å²) in [5.41, 5.74) is 2.67. The van der Waals surface area contributed by atoms with E-state index < -0.39 is 11.8 Å². The molecule has 2 rings (SSSR count). The van der Waals surface area contributed by atoms with Crippen molar-refractivity contribution in [1.29, 1.82) is 0 Å². The maximum absolute atomic E-state index is 11.6. The van der Waals surface area contributed by atoms with Gasteiger partial charge in [0, 0.05) is 6.42 Å². The third-order valence-electron chi connectivity index (χ3n) is 2.75. The van der Waals surface area contributed by atoms with Crippen molar-refractivity contribution in [2.75, 3.05) is 0 Å². The summed E-state index contributed by atoms with van der Waals surface area (Å²) in [6.07, 6.45) is -0.0311. The van der Waals surface area contributed by atoms with E-state index in [9.17, 15) is 9.59 Å². The van der Waals surface area contributed by atoms with E-state index in [1.54, 1.807) is 0 Å². The summed E-state index contributed by atoms with van der Waals surface area (Å²) in [7, 11) is 0. The van der Waals surface area contributed by atoms with Crippen molar-refractivity contribution in [3.63, 3.8) is 0 Å². The Balaban J connectivity index is 2.32. The molecule has 2 aromatic carbocycles. The minimum atomic E-state index is -1.04. The molecular weight excluding hydrogens is 264 g/mol. The van der Waals surface area contributed by atoms with Gasteiger partial charge in [-0.05, 0) is 16.7 Å². The predicted molar refractivity (Wildman–Crippen MR) is 72.5 cm³/mol. The number of carbonyl (C=O) groups excluding carboxylic acids is 2. The number of hydrogen-bond acceptors (Lipinski definition) is 3. The number of carbonyl (C=O) groups is 2. The number of rotatable bonds is 4. The molecular formula is C15H11ClO3. The van der Waals surface area contributed by atoms with E-state index in [1.807, 2.05) is 54.6 Å². The van der Waals surface area contributed by atoms with E-state index in [0.29, 0.717) is 0 Å². The van der Waals surface area contributed by atoms with Crippen LogP contribution < -0.4 is 0 Å². The van der Waals surface area contributed by atoms with Gasteiger partial charge in [-0.1, -0.05) is 54.6 Å². The first-order chi connectivity index (χ1) is 9.22. The van der Waals surface area contributed by atoms with Crippen molar-refractivity contribution >= 4 is 23.6 Å². The van der Waals surface area contributed by atoms with E-state index in [0.717, 1.165) is 16.7 Å². The number of benzene rings is 2. The summed E-state index contributed by atoms with van der Waals surface area (Å²) in [5, 5.41) is 0. The average molecular weight is 275 g/mol. The Morgan fingerprint density at radius 1 is 0.947 bits per heavy atom. The van der Waals surface area contributed by atoms with E-state index >= 15 is 0 Å². The van der Waals surface area contributed by atoms with Gasteiger partial charge in [0.15, 0.2) is 0 Å². The van der Waals surface area contributed by atoms with Crippen LogP contribution in [0.1, 0.15) is 5.56 Å². The number of Topliss-reactive ketones (excluding diaryl/α,β-unsaturated/α-hetero) is 1. The van der Waals surface area contributed by atoms with Crippen molar-refractivity contribution in [1.82, 2.24) is 0 Å². The van der Waals surface area contributed by atoms with E-state index in [2.05, 4.69) is 4.29 Å². The lowest BCUT2D eigenvalue weighted by Crippen LogP contribution is -2.16. The molecule has 0 bridgehead atoms. The molecule has 0 saturated carbocycles. The van der Waals surface area contributed by atoms with Crippen molar-refractivity contribution in [3.8, 4) is 11.1 Å². The second-order valence-corrected chi connectivity index (χ2v) is 4.14. The molecule has 96 valence electrons. The first-order valence-corrected chi connectivity index (χ1v) is 6.02. The van der Waals surface area contributed by atoms with Gasteiger partial charge in [0.25, 0.3) is 0 Å². The molecule has 0 aromatic heterocycles. The smallest absolute Gasteiger partial charge is 0.341 e. The molecule has 4 heteroatoms. The highest BCUT2D eigenvalue weighted by molar-refractivity contribution is 6.38. The monoisotopic (exact) mass is 274 g/mol. The van der Waals surface area contributed by atoms with Crippen LogP contribution in [0, 0.1) is 0 Å². The van der Waals surface area contributed by atoms with Crippen LogP contribution in [0.15, 0.2) is 54.6 Å². The fourth-order valence-electron chi connectivity index (χ4n) is 1.86. The van der Waals surface area contributed by atoms with E-state index in [-0.39, 0.29) is 6.42 Å². The number of hydrogen-bond donors (Lipinski definition) is 0. The third-order valence-corrected chi connectivity index (χ3v) is 2.89. The van der Waals surface area contributed by atoms with Crippen molar-refractivity contribution in [3.05, 3.63) is 60.2 Å². The van der Waals surface area contributed by atoms with Crippen LogP contribution in [0.5, 0.6) is 0 Å². The molecule has 0 heterocycles. The molecule has 0 amide bonds. The molecule has 0 fully saturated rings. The van der Waals surface area contributed by atoms with Gasteiger partial charge in [0.2, 0.25) is 5.78 Å². The lowest BCUT2D eigenvalue weighted by molar-refractivity contribution is -0.146. The third kappa shape index (κ3) is 3.20. The Labute approximate surface area is 115 Å². The standard InChI is InChI=1S/C15H11ClO3/c16-19-15(18)14(17)10-12-8-4-5-9-13(12)11-6-2-1-3-7-11/h1-9H,10H2. The molecule has 0 aliphatic heterocycles. The van der Waals surface area contributed by atoms with Gasteiger partial charge in [-0.15, -0.1) is 0 Å². The molecule has 0 unspecified atom stereocenters. The van der Waals surface area contributed by atoms with Crippen LogP contribution in [0.3, 0.4) is 0 Å². The van der Waals surface area contributed by atoms with Crippen molar-refractivity contribution in [2.45, 2.75) is 6.42 Å². The lowest BCUT2D eigenvalue weighted by Gasteiger charge is -2.08. The molecule has 3 nitrogen and oxygen atoms in total. The van der Waals surface area contributed by atoms with Crippen LogP contribution in [-0.2, 0) is 20.3 Å². The molecule has 0 atom stereocenters. The highest BCUT2D eigenvalue weighted by Crippen LogP contribution is 2.23. The molecule has 2 aromatic rings. The van der Waals surface area contributed by atoms with Gasteiger partial charge in [-0.3, -0.25) is 4.79 Å². The van der Waals surface area contributed by atoms with Crippen LogP contribution in [0.4, 0.5) is 0 Å². The Morgan fingerprint density at radius 2 is 1.58 bits per heavy atom. The van der Waals surface area contributed by atoms with Crippen LogP contribution >= 0.6 is 11.9 Å². The summed E-state index contributed by atoms with van der Waals surface area (Å²) in [6.45, 7) is 0. The van der Waals surface area contributed by atoms with Gasteiger partial charge in [0.1, 0.15) is 11.9 Å². The van der Waals surface area contributed by atoms with E-state index in [1.165, 1.54) is 0 Å². The second kappa shape index (κ2) is 6.16. The van der Waals surface area contributed by atoms with E-state index in [4.69, 9.17) is 11.9 Å². The topological polar surface area (TPSA) is 43.4 Å². The highest BCUT2D eigenvalue weighted by Gasteiger charge is 2.17.